The van der Waals surface area contributed by atoms with Crippen LogP contribution in [-0.4, -0.2) is 56.4 Å². The molecule has 1 atom stereocenters. The smallest absolute Gasteiger partial charge is 0.357 e. The van der Waals surface area contributed by atoms with Crippen LogP contribution in [0.15, 0.2) is 17.3 Å². The highest BCUT2D eigenvalue weighted by molar-refractivity contribution is 14.0. The van der Waals surface area contributed by atoms with E-state index < -0.39 is 11.9 Å². The molecule has 3 rings (SSSR count). The van der Waals surface area contributed by atoms with Gasteiger partial charge in [-0.25, -0.2) is 19.6 Å². The van der Waals surface area contributed by atoms with Crippen molar-refractivity contribution in [2.45, 2.75) is 51.9 Å². The van der Waals surface area contributed by atoms with Gasteiger partial charge in [0.15, 0.2) is 11.8 Å². The van der Waals surface area contributed by atoms with Crippen LogP contribution in [0.5, 0.6) is 0 Å². The van der Waals surface area contributed by atoms with Gasteiger partial charge in [0.05, 0.1) is 13.1 Å². The third kappa shape index (κ3) is 7.18. The van der Waals surface area contributed by atoms with E-state index in [-0.39, 0.29) is 36.0 Å². The van der Waals surface area contributed by atoms with Crippen molar-refractivity contribution < 1.29 is 13.2 Å². The van der Waals surface area contributed by atoms with Crippen molar-refractivity contribution in [3.8, 4) is 0 Å². The lowest BCUT2D eigenvalue weighted by Gasteiger charge is -2.25. The van der Waals surface area contributed by atoms with Crippen molar-refractivity contribution in [3.63, 3.8) is 0 Å². The van der Waals surface area contributed by atoms with Crippen molar-refractivity contribution in [3.05, 3.63) is 29.6 Å². The first-order valence-corrected chi connectivity index (χ1v) is 10.0. The summed E-state index contributed by atoms with van der Waals surface area (Å²) in [6.45, 7) is 6.05. The van der Waals surface area contributed by atoms with Gasteiger partial charge in [-0.2, -0.15) is 18.3 Å². The zero-order chi connectivity index (χ0) is 21.6. The number of halogens is 4. The van der Waals surface area contributed by atoms with Crippen molar-refractivity contribution in [1.29, 1.82) is 0 Å². The number of alkyl halides is 3. The molecule has 0 saturated heterocycles. The molecule has 1 aliphatic heterocycles. The first-order valence-electron chi connectivity index (χ1n) is 10.0. The number of aliphatic imine (C=N–C) groups is 1. The van der Waals surface area contributed by atoms with E-state index in [9.17, 15) is 13.2 Å². The van der Waals surface area contributed by atoms with Gasteiger partial charge in [0, 0.05) is 38.2 Å². The molecular formula is C18H27F3IN9. The van der Waals surface area contributed by atoms with Gasteiger partial charge in [-0.1, -0.05) is 6.92 Å². The van der Waals surface area contributed by atoms with Gasteiger partial charge < -0.3 is 16.0 Å². The summed E-state index contributed by atoms with van der Waals surface area (Å²) < 4.78 is 40.1. The molecule has 2 aromatic rings. The molecule has 0 radical (unpaired) electrons. The summed E-state index contributed by atoms with van der Waals surface area (Å²) in [5.74, 6) is 2.44. The third-order valence-electron chi connectivity index (χ3n) is 4.51. The molecule has 3 N–H and O–H groups in total. The molecule has 0 amide bonds. The van der Waals surface area contributed by atoms with Gasteiger partial charge in [-0.05, 0) is 19.4 Å². The van der Waals surface area contributed by atoms with E-state index in [4.69, 9.17) is 0 Å². The topological polar surface area (TPSA) is 105 Å². The van der Waals surface area contributed by atoms with Crippen molar-refractivity contribution in [2.24, 2.45) is 4.99 Å². The van der Waals surface area contributed by atoms with Crippen LogP contribution >= 0.6 is 24.0 Å². The SMILES string of the molecule is CCNC(=NCCNc1nccc(C(F)(F)F)n1)NC1CCc2nc(CC)nn2C1.I. The van der Waals surface area contributed by atoms with E-state index in [2.05, 4.69) is 41.0 Å². The van der Waals surface area contributed by atoms with E-state index in [1.807, 2.05) is 18.5 Å². The number of fused-ring (bicyclic) bond motifs is 1. The van der Waals surface area contributed by atoms with Crippen molar-refractivity contribution in [2.75, 3.05) is 25.0 Å². The molecule has 3 heterocycles. The molecule has 0 aliphatic carbocycles. The van der Waals surface area contributed by atoms with Crippen LogP contribution in [0.4, 0.5) is 19.1 Å². The Morgan fingerprint density at radius 1 is 1.29 bits per heavy atom. The maximum Gasteiger partial charge on any atom is 0.433 e. The fourth-order valence-corrected chi connectivity index (χ4v) is 3.08. The van der Waals surface area contributed by atoms with E-state index in [0.29, 0.717) is 32.1 Å². The Labute approximate surface area is 195 Å². The average Bonchev–Trinajstić information content (AvgIpc) is 3.13. The standard InChI is InChI=1S/C18H26F3N9.HI/c1-3-14-28-15-6-5-12(11-30(15)29-14)26-16(22-4-2)24-9-10-25-17-23-8-7-13(27-17)18(19,20)21;/h7-8,12H,3-6,9-11H2,1-2H3,(H2,22,24,26)(H,23,25,27);1H. The molecule has 1 aliphatic rings. The number of anilines is 1. The number of guanidine groups is 1. The van der Waals surface area contributed by atoms with Gasteiger partial charge in [0.2, 0.25) is 5.95 Å². The Bertz CT molecular complexity index is 869. The Morgan fingerprint density at radius 3 is 2.81 bits per heavy atom. The Kier molecular flexibility index (Phi) is 9.25. The highest BCUT2D eigenvalue weighted by Crippen LogP contribution is 2.27. The molecule has 31 heavy (non-hydrogen) atoms. The van der Waals surface area contributed by atoms with Crippen LogP contribution in [0.1, 0.15) is 37.6 Å². The molecule has 13 heteroatoms. The number of nitrogens with zero attached hydrogens (tertiary/aromatic N) is 6. The molecule has 0 spiro atoms. The fraction of sp³-hybridized carbons (Fsp3) is 0.611. The summed E-state index contributed by atoms with van der Waals surface area (Å²) in [7, 11) is 0. The summed E-state index contributed by atoms with van der Waals surface area (Å²) in [5.41, 5.74) is -0.977. The van der Waals surface area contributed by atoms with Gasteiger partial charge in [-0.15, -0.1) is 24.0 Å². The minimum atomic E-state index is -4.50. The molecule has 1 unspecified atom stereocenters. The van der Waals surface area contributed by atoms with Gasteiger partial charge in [-0.3, -0.25) is 4.99 Å². The van der Waals surface area contributed by atoms with Crippen LogP contribution in [0.2, 0.25) is 0 Å². The molecule has 9 nitrogen and oxygen atoms in total. The zero-order valence-corrected chi connectivity index (χ0v) is 19.7. The number of aryl methyl sites for hydroxylation is 2. The monoisotopic (exact) mass is 553 g/mol. The van der Waals surface area contributed by atoms with Crippen LogP contribution in [0.25, 0.3) is 0 Å². The van der Waals surface area contributed by atoms with Crippen LogP contribution in [-0.2, 0) is 25.6 Å². The maximum atomic E-state index is 12.7. The highest BCUT2D eigenvalue weighted by Gasteiger charge is 2.32. The van der Waals surface area contributed by atoms with Gasteiger partial charge in [0.1, 0.15) is 11.5 Å². The van der Waals surface area contributed by atoms with Crippen LogP contribution in [0.3, 0.4) is 0 Å². The van der Waals surface area contributed by atoms with Gasteiger partial charge >= 0.3 is 6.18 Å². The van der Waals surface area contributed by atoms with E-state index in [1.54, 1.807) is 0 Å². The number of hydrogen-bond donors (Lipinski definition) is 3. The minimum absolute atomic E-state index is 0. The summed E-state index contributed by atoms with van der Waals surface area (Å²) in [5, 5.41) is 13.9. The molecule has 172 valence electrons. The quantitative estimate of drug-likeness (QED) is 0.209. The lowest BCUT2D eigenvalue weighted by atomic mass is 10.1. The van der Waals surface area contributed by atoms with E-state index >= 15 is 0 Å². The lowest BCUT2D eigenvalue weighted by Crippen LogP contribution is -2.47. The Morgan fingerprint density at radius 2 is 2.10 bits per heavy atom. The fourth-order valence-electron chi connectivity index (χ4n) is 3.08. The Hall–Kier alpha value is -2.19. The predicted octanol–water partition coefficient (Wildman–Crippen LogP) is 2.25. The second kappa shape index (κ2) is 11.4. The zero-order valence-electron chi connectivity index (χ0n) is 17.4. The molecule has 0 bridgehead atoms. The lowest BCUT2D eigenvalue weighted by molar-refractivity contribution is -0.141. The summed E-state index contributed by atoms with van der Waals surface area (Å²) in [4.78, 5) is 16.3. The first kappa shape index (κ1) is 25.1. The number of rotatable bonds is 7. The Balaban J connectivity index is 0.00000341. The highest BCUT2D eigenvalue weighted by atomic mass is 127. The second-order valence-corrected chi connectivity index (χ2v) is 6.81. The molecule has 0 fully saturated rings. The summed E-state index contributed by atoms with van der Waals surface area (Å²) in [6.07, 6.45) is -0.841. The number of aromatic nitrogens is 5. The number of hydrogen-bond acceptors (Lipinski definition) is 6. The van der Waals surface area contributed by atoms with Gasteiger partial charge in [0.25, 0.3) is 0 Å². The third-order valence-corrected chi connectivity index (χ3v) is 4.51. The van der Waals surface area contributed by atoms with E-state index in [1.165, 1.54) is 0 Å². The van der Waals surface area contributed by atoms with Crippen LogP contribution < -0.4 is 16.0 Å². The average molecular weight is 553 g/mol. The molecule has 0 saturated carbocycles. The molecular weight excluding hydrogens is 526 g/mol. The largest absolute Gasteiger partial charge is 0.433 e. The second-order valence-electron chi connectivity index (χ2n) is 6.81. The normalized spacial score (nSPS) is 16.3. The first-order chi connectivity index (χ1) is 14.4. The van der Waals surface area contributed by atoms with Crippen LogP contribution in [0, 0.1) is 0 Å². The van der Waals surface area contributed by atoms with Crippen molar-refractivity contribution in [1.82, 2.24) is 35.4 Å². The minimum Gasteiger partial charge on any atom is -0.357 e. The maximum absolute atomic E-state index is 12.7. The molecule has 0 aromatic carbocycles. The predicted molar refractivity (Wildman–Crippen MR) is 122 cm³/mol. The summed E-state index contributed by atoms with van der Waals surface area (Å²) in [6, 6.07) is 1.01. The van der Waals surface area contributed by atoms with Crippen molar-refractivity contribution >= 4 is 35.9 Å². The van der Waals surface area contributed by atoms with E-state index in [0.717, 1.165) is 43.2 Å². The summed E-state index contributed by atoms with van der Waals surface area (Å²) >= 11 is 0. The number of nitrogens with one attached hydrogen (secondary N) is 3. The molecule has 2 aromatic heterocycles.